The Hall–Kier alpha value is -3.35. The number of ether oxygens (including phenoxy) is 1. The lowest BCUT2D eigenvalue weighted by molar-refractivity contribution is -0.125. The summed E-state index contributed by atoms with van der Waals surface area (Å²) in [6.45, 7) is 0.850. The molecule has 158 valence electrons. The third-order valence-corrected chi connectivity index (χ3v) is 4.77. The first-order valence-corrected chi connectivity index (χ1v) is 10.2. The quantitative estimate of drug-likeness (QED) is 0.272. The number of amides is 1. The lowest BCUT2D eigenvalue weighted by Crippen LogP contribution is -2.28. The Morgan fingerprint density at radius 2 is 2.17 bits per heavy atom. The minimum absolute atomic E-state index is 0.170. The molecule has 1 heterocycles. The predicted molar refractivity (Wildman–Crippen MR) is 116 cm³/mol. The summed E-state index contributed by atoms with van der Waals surface area (Å²) >= 11 is 0. The van der Waals surface area contributed by atoms with Crippen LogP contribution in [0.4, 0.5) is 0 Å². The first-order chi connectivity index (χ1) is 14.7. The summed E-state index contributed by atoms with van der Waals surface area (Å²) in [6, 6.07) is 11.0. The molecule has 7 heteroatoms. The number of pyridine rings is 1. The van der Waals surface area contributed by atoms with Gasteiger partial charge in [0.2, 0.25) is 0 Å². The number of aromatic nitrogens is 1. The van der Waals surface area contributed by atoms with Gasteiger partial charge in [0.15, 0.2) is 12.4 Å². The van der Waals surface area contributed by atoms with Gasteiger partial charge in [-0.3, -0.25) is 9.78 Å². The minimum Gasteiger partial charge on any atom is -0.489 e. The van der Waals surface area contributed by atoms with E-state index >= 15 is 0 Å². The molecule has 0 atom stereocenters. The van der Waals surface area contributed by atoms with Crippen LogP contribution in [0, 0.1) is 0 Å². The van der Waals surface area contributed by atoms with E-state index in [0.717, 1.165) is 24.8 Å². The highest BCUT2D eigenvalue weighted by molar-refractivity contribution is 5.97. The number of nitrogens with one attached hydrogen (secondary N) is 1. The Labute approximate surface area is 177 Å². The maximum absolute atomic E-state index is 11.9. The number of hydrogen-bond acceptors (Lipinski definition) is 5. The zero-order chi connectivity index (χ0) is 21.0. The smallest absolute Gasteiger partial charge is 0.260 e. The summed E-state index contributed by atoms with van der Waals surface area (Å²) in [7, 11) is 0. The molecule has 1 aliphatic rings. The molecule has 1 amide bonds. The molecule has 1 aromatic heterocycles. The Kier molecular flexibility index (Phi) is 8.26. The fourth-order valence-electron chi connectivity index (χ4n) is 3.15. The second kappa shape index (κ2) is 11.6. The Bertz CT molecular complexity index is 881. The molecule has 30 heavy (non-hydrogen) atoms. The lowest BCUT2D eigenvalue weighted by atomic mass is 9.97. The van der Waals surface area contributed by atoms with E-state index in [1.165, 1.54) is 18.4 Å². The SMILES string of the molecule is N/C(=N\OCC(=O)NCCC1=CCCCC1)c1cccc(OCc2cccnc2)c1. The molecule has 2 aromatic rings. The van der Waals surface area contributed by atoms with Crippen molar-refractivity contribution in [1.82, 2.24) is 10.3 Å². The van der Waals surface area contributed by atoms with Gasteiger partial charge < -0.3 is 20.6 Å². The van der Waals surface area contributed by atoms with Crippen molar-refractivity contribution in [3.8, 4) is 5.75 Å². The molecule has 0 aliphatic heterocycles. The van der Waals surface area contributed by atoms with Crippen molar-refractivity contribution in [3.63, 3.8) is 0 Å². The second-order valence-electron chi connectivity index (χ2n) is 7.14. The number of allylic oxidation sites excluding steroid dienone is 1. The topological polar surface area (TPSA) is 98.8 Å². The normalized spacial score (nSPS) is 14.0. The van der Waals surface area contributed by atoms with E-state index in [0.29, 0.717) is 24.5 Å². The number of nitrogens with two attached hydrogens (primary N) is 1. The van der Waals surface area contributed by atoms with E-state index in [1.54, 1.807) is 24.5 Å². The van der Waals surface area contributed by atoms with Crippen LogP contribution in [0.3, 0.4) is 0 Å². The number of carbonyl (C=O) groups excluding carboxylic acids is 1. The first kappa shape index (κ1) is 21.4. The largest absolute Gasteiger partial charge is 0.489 e. The average molecular weight is 409 g/mol. The minimum atomic E-state index is -0.212. The number of rotatable bonds is 10. The van der Waals surface area contributed by atoms with Crippen LogP contribution >= 0.6 is 0 Å². The summed E-state index contributed by atoms with van der Waals surface area (Å²) in [4.78, 5) is 21.1. The van der Waals surface area contributed by atoms with Gasteiger partial charge in [-0.1, -0.05) is 35.0 Å². The van der Waals surface area contributed by atoms with Crippen molar-refractivity contribution in [2.24, 2.45) is 10.9 Å². The van der Waals surface area contributed by atoms with Gasteiger partial charge in [-0.2, -0.15) is 0 Å². The fourth-order valence-corrected chi connectivity index (χ4v) is 3.15. The number of hydrogen-bond donors (Lipinski definition) is 2. The molecule has 3 rings (SSSR count). The van der Waals surface area contributed by atoms with Crippen molar-refractivity contribution >= 4 is 11.7 Å². The Morgan fingerprint density at radius 3 is 2.97 bits per heavy atom. The molecule has 0 saturated carbocycles. The summed E-state index contributed by atoms with van der Waals surface area (Å²) in [5.74, 6) is 0.628. The highest BCUT2D eigenvalue weighted by Gasteiger charge is 2.07. The Morgan fingerprint density at radius 1 is 1.23 bits per heavy atom. The number of oxime groups is 1. The van der Waals surface area contributed by atoms with Gasteiger partial charge in [0.25, 0.3) is 5.91 Å². The van der Waals surface area contributed by atoms with Crippen molar-refractivity contribution < 1.29 is 14.4 Å². The second-order valence-corrected chi connectivity index (χ2v) is 7.14. The first-order valence-electron chi connectivity index (χ1n) is 10.2. The van der Waals surface area contributed by atoms with E-state index in [-0.39, 0.29) is 18.3 Å². The van der Waals surface area contributed by atoms with Gasteiger partial charge in [-0.25, -0.2) is 0 Å². The van der Waals surface area contributed by atoms with Crippen LogP contribution in [0.5, 0.6) is 5.75 Å². The number of benzene rings is 1. The lowest BCUT2D eigenvalue weighted by Gasteiger charge is -2.12. The maximum atomic E-state index is 11.9. The van der Waals surface area contributed by atoms with Gasteiger partial charge in [-0.15, -0.1) is 0 Å². The van der Waals surface area contributed by atoms with Gasteiger partial charge in [0, 0.05) is 30.1 Å². The predicted octanol–water partition coefficient (Wildman–Crippen LogP) is 3.30. The monoisotopic (exact) mass is 408 g/mol. The molecule has 0 spiro atoms. The zero-order valence-corrected chi connectivity index (χ0v) is 17.0. The molecule has 0 bridgehead atoms. The van der Waals surface area contributed by atoms with Gasteiger partial charge in [0.05, 0.1) is 0 Å². The van der Waals surface area contributed by atoms with Crippen molar-refractivity contribution in [2.45, 2.75) is 38.7 Å². The van der Waals surface area contributed by atoms with Crippen molar-refractivity contribution in [2.75, 3.05) is 13.2 Å². The highest BCUT2D eigenvalue weighted by Crippen LogP contribution is 2.19. The van der Waals surface area contributed by atoms with Crippen LogP contribution in [-0.4, -0.2) is 29.9 Å². The summed E-state index contributed by atoms with van der Waals surface area (Å²) in [5.41, 5.74) is 9.03. The van der Waals surface area contributed by atoms with Crippen LogP contribution < -0.4 is 15.8 Å². The van der Waals surface area contributed by atoms with Crippen molar-refractivity contribution in [3.05, 3.63) is 71.6 Å². The van der Waals surface area contributed by atoms with Gasteiger partial charge >= 0.3 is 0 Å². The fraction of sp³-hybridized carbons (Fsp3) is 0.348. The summed E-state index contributed by atoms with van der Waals surface area (Å²) in [6.07, 6.45) is 11.4. The highest BCUT2D eigenvalue weighted by atomic mass is 16.6. The van der Waals surface area contributed by atoms with Crippen LogP contribution in [0.1, 0.15) is 43.2 Å². The van der Waals surface area contributed by atoms with E-state index in [4.69, 9.17) is 15.3 Å². The third-order valence-electron chi connectivity index (χ3n) is 4.77. The molecular formula is C23H28N4O3. The average Bonchev–Trinajstić information content (AvgIpc) is 2.79. The van der Waals surface area contributed by atoms with E-state index < -0.39 is 0 Å². The number of nitrogens with zero attached hydrogens (tertiary/aromatic N) is 2. The Balaban J connectivity index is 1.41. The molecular weight excluding hydrogens is 380 g/mol. The third kappa shape index (κ3) is 7.24. The molecule has 1 aromatic carbocycles. The molecule has 3 N–H and O–H groups in total. The molecule has 0 saturated heterocycles. The summed E-state index contributed by atoms with van der Waals surface area (Å²) < 4.78 is 5.76. The zero-order valence-electron chi connectivity index (χ0n) is 17.0. The van der Waals surface area contributed by atoms with Crippen LogP contribution in [0.25, 0.3) is 0 Å². The van der Waals surface area contributed by atoms with Gasteiger partial charge in [0.1, 0.15) is 12.4 Å². The molecule has 0 unspecified atom stereocenters. The van der Waals surface area contributed by atoms with Crippen molar-refractivity contribution in [1.29, 1.82) is 0 Å². The maximum Gasteiger partial charge on any atom is 0.260 e. The van der Waals surface area contributed by atoms with Gasteiger partial charge in [-0.05, 0) is 50.3 Å². The van der Waals surface area contributed by atoms with Crippen LogP contribution in [0.15, 0.2) is 65.6 Å². The van der Waals surface area contributed by atoms with E-state index in [9.17, 15) is 4.79 Å². The van der Waals surface area contributed by atoms with E-state index in [1.807, 2.05) is 24.3 Å². The van der Waals surface area contributed by atoms with Crippen LogP contribution in [0.2, 0.25) is 0 Å². The number of amidine groups is 1. The molecule has 7 nitrogen and oxygen atoms in total. The molecule has 0 radical (unpaired) electrons. The number of carbonyl (C=O) groups is 1. The summed E-state index contributed by atoms with van der Waals surface area (Å²) in [5, 5.41) is 6.69. The van der Waals surface area contributed by atoms with E-state index in [2.05, 4.69) is 21.5 Å². The van der Waals surface area contributed by atoms with Crippen LogP contribution in [-0.2, 0) is 16.2 Å². The standard InChI is InChI=1S/C23H28N4O3/c24-23(27-30-17-22(28)26-13-11-18-6-2-1-3-7-18)20-9-4-10-21(14-20)29-16-19-8-5-12-25-15-19/h4-6,8-10,12,14-15H,1-3,7,11,13,16-17H2,(H2,24,27)(H,26,28). The molecule has 1 aliphatic carbocycles. The molecule has 0 fully saturated rings.